The Balaban J connectivity index is 2.26. The van der Waals surface area contributed by atoms with E-state index in [1.807, 2.05) is 5.38 Å². The molecule has 1 nitrogen and oxygen atoms in total. The maximum atomic E-state index is 11.1. The van der Waals surface area contributed by atoms with Gasteiger partial charge >= 0.3 is 0 Å². The Morgan fingerprint density at radius 1 is 1.67 bits per heavy atom. The average Bonchev–Trinajstić information content (AvgIpc) is 2.53. The van der Waals surface area contributed by atoms with E-state index in [4.69, 9.17) is 0 Å². The first-order valence-corrected chi connectivity index (χ1v) is 4.91. The van der Waals surface area contributed by atoms with Crippen LogP contribution in [0.25, 0.3) is 0 Å². The minimum atomic E-state index is 0.274. The fourth-order valence-corrected chi connectivity index (χ4v) is 1.68. The zero-order valence-corrected chi connectivity index (χ0v) is 7.77. The summed E-state index contributed by atoms with van der Waals surface area (Å²) in [6.45, 7) is 3.53. The van der Waals surface area contributed by atoms with Gasteiger partial charge in [-0.15, -0.1) is 6.58 Å². The van der Waals surface area contributed by atoms with Crippen LogP contribution in [0, 0.1) is 0 Å². The van der Waals surface area contributed by atoms with Crippen LogP contribution in [-0.2, 0) is 11.2 Å². The molecule has 64 valence electrons. The third-order valence-corrected chi connectivity index (χ3v) is 2.38. The molecule has 0 unspecified atom stereocenters. The third kappa shape index (κ3) is 3.01. The van der Waals surface area contributed by atoms with Crippen molar-refractivity contribution >= 4 is 17.1 Å². The van der Waals surface area contributed by atoms with E-state index < -0.39 is 0 Å². The van der Waals surface area contributed by atoms with E-state index in [9.17, 15) is 4.79 Å². The Morgan fingerprint density at radius 2 is 2.50 bits per heavy atom. The zero-order valence-electron chi connectivity index (χ0n) is 6.95. The van der Waals surface area contributed by atoms with Crippen LogP contribution in [0.2, 0.25) is 0 Å². The number of carbonyl (C=O) groups excluding carboxylic acids is 1. The second-order valence-corrected chi connectivity index (χ2v) is 3.44. The Bertz CT molecular complexity index is 249. The minimum absolute atomic E-state index is 0.274. The van der Waals surface area contributed by atoms with Crippen LogP contribution in [0.1, 0.15) is 18.4 Å². The Kier molecular flexibility index (Phi) is 3.74. The highest BCUT2D eigenvalue weighted by atomic mass is 32.1. The van der Waals surface area contributed by atoms with E-state index >= 15 is 0 Å². The van der Waals surface area contributed by atoms with E-state index in [1.54, 1.807) is 17.4 Å². The van der Waals surface area contributed by atoms with Gasteiger partial charge < -0.3 is 0 Å². The van der Waals surface area contributed by atoms with Gasteiger partial charge in [0.2, 0.25) is 0 Å². The van der Waals surface area contributed by atoms with Gasteiger partial charge in [0, 0.05) is 12.8 Å². The molecule has 12 heavy (non-hydrogen) atoms. The molecule has 0 amide bonds. The van der Waals surface area contributed by atoms with Crippen molar-refractivity contribution in [1.29, 1.82) is 0 Å². The van der Waals surface area contributed by atoms with Gasteiger partial charge in [-0.1, -0.05) is 6.08 Å². The maximum Gasteiger partial charge on any atom is 0.136 e. The summed E-state index contributed by atoms with van der Waals surface area (Å²) < 4.78 is 0. The number of thiophene rings is 1. The number of aryl methyl sites for hydroxylation is 1. The molecule has 0 radical (unpaired) electrons. The van der Waals surface area contributed by atoms with E-state index in [2.05, 4.69) is 18.0 Å². The quantitative estimate of drug-likeness (QED) is 0.637. The fraction of sp³-hybridized carbons (Fsp3) is 0.300. The number of hydrogen-bond acceptors (Lipinski definition) is 2. The fourth-order valence-electron chi connectivity index (χ4n) is 0.982. The normalized spacial score (nSPS) is 9.67. The van der Waals surface area contributed by atoms with E-state index in [1.165, 1.54) is 5.56 Å². The summed E-state index contributed by atoms with van der Waals surface area (Å²) in [6, 6.07) is 2.06. The van der Waals surface area contributed by atoms with Gasteiger partial charge in [-0.05, 0) is 28.8 Å². The Hall–Kier alpha value is -0.890. The third-order valence-electron chi connectivity index (χ3n) is 1.64. The molecule has 0 atom stereocenters. The molecule has 0 fully saturated rings. The molecule has 1 heterocycles. The average molecular weight is 180 g/mol. The number of Topliss-reactive ketones (excluding diaryl/α,β-unsaturated/α-hetero) is 1. The molecule has 1 rings (SSSR count). The van der Waals surface area contributed by atoms with Crippen LogP contribution in [0.3, 0.4) is 0 Å². The van der Waals surface area contributed by atoms with Gasteiger partial charge in [-0.3, -0.25) is 4.79 Å². The first-order valence-electron chi connectivity index (χ1n) is 3.96. The van der Waals surface area contributed by atoms with Gasteiger partial charge in [-0.25, -0.2) is 0 Å². The van der Waals surface area contributed by atoms with Gasteiger partial charge in [0.05, 0.1) is 0 Å². The lowest BCUT2D eigenvalue weighted by atomic mass is 10.1. The molecule has 0 saturated carbocycles. The summed E-state index contributed by atoms with van der Waals surface area (Å²) in [4.78, 5) is 11.1. The van der Waals surface area contributed by atoms with Gasteiger partial charge in [0.25, 0.3) is 0 Å². The second-order valence-electron chi connectivity index (χ2n) is 2.66. The summed E-state index contributed by atoms with van der Waals surface area (Å²) in [7, 11) is 0. The second kappa shape index (κ2) is 4.88. The van der Waals surface area contributed by atoms with Gasteiger partial charge in [-0.2, -0.15) is 11.3 Å². The van der Waals surface area contributed by atoms with Crippen molar-refractivity contribution in [2.45, 2.75) is 19.3 Å². The van der Waals surface area contributed by atoms with Crippen molar-refractivity contribution in [1.82, 2.24) is 0 Å². The largest absolute Gasteiger partial charge is 0.299 e. The highest BCUT2D eigenvalue weighted by Crippen LogP contribution is 2.09. The Labute approximate surface area is 76.7 Å². The molecule has 1 aromatic rings. The molecule has 0 aliphatic rings. The number of ketones is 1. The predicted octanol–water partition coefficient (Wildman–Crippen LogP) is 2.83. The van der Waals surface area contributed by atoms with Crippen LogP contribution in [0.5, 0.6) is 0 Å². The number of rotatable bonds is 5. The van der Waals surface area contributed by atoms with E-state index in [0.717, 1.165) is 6.42 Å². The van der Waals surface area contributed by atoms with Crippen molar-refractivity contribution in [3.63, 3.8) is 0 Å². The highest BCUT2D eigenvalue weighted by Gasteiger charge is 1.99. The van der Waals surface area contributed by atoms with Crippen LogP contribution in [0.4, 0.5) is 0 Å². The molecule has 0 bridgehead atoms. The molecule has 0 aliphatic heterocycles. The Morgan fingerprint density at radius 3 is 3.08 bits per heavy atom. The molecule has 0 saturated heterocycles. The summed E-state index contributed by atoms with van der Waals surface area (Å²) in [5, 5.41) is 4.12. The van der Waals surface area contributed by atoms with Crippen LogP contribution >= 0.6 is 11.3 Å². The number of allylic oxidation sites excluding steroid dienone is 1. The van der Waals surface area contributed by atoms with Crippen molar-refractivity contribution in [3.05, 3.63) is 35.0 Å². The van der Waals surface area contributed by atoms with Crippen LogP contribution < -0.4 is 0 Å². The lowest BCUT2D eigenvalue weighted by molar-refractivity contribution is -0.118. The summed E-state index contributed by atoms with van der Waals surface area (Å²) >= 11 is 1.67. The van der Waals surface area contributed by atoms with Gasteiger partial charge in [0.1, 0.15) is 5.78 Å². The zero-order chi connectivity index (χ0) is 8.81. The lowest BCUT2D eigenvalue weighted by Crippen LogP contribution is -1.97. The van der Waals surface area contributed by atoms with Crippen molar-refractivity contribution in [3.8, 4) is 0 Å². The molecule has 0 spiro atoms. The highest BCUT2D eigenvalue weighted by molar-refractivity contribution is 7.07. The van der Waals surface area contributed by atoms with Crippen LogP contribution in [-0.4, -0.2) is 5.78 Å². The van der Waals surface area contributed by atoms with Crippen molar-refractivity contribution in [2.75, 3.05) is 0 Å². The molecule has 2 heteroatoms. The molecular weight excluding hydrogens is 168 g/mol. The van der Waals surface area contributed by atoms with E-state index in [0.29, 0.717) is 12.8 Å². The standard InChI is InChI=1S/C10H12OS/c1-2-3-10(11)5-4-9-6-7-12-8-9/h2,6-8H,1,3-5H2. The minimum Gasteiger partial charge on any atom is -0.299 e. The first kappa shape index (κ1) is 9.20. The van der Waals surface area contributed by atoms with E-state index in [-0.39, 0.29) is 5.78 Å². The van der Waals surface area contributed by atoms with Crippen molar-refractivity contribution in [2.24, 2.45) is 0 Å². The van der Waals surface area contributed by atoms with Gasteiger partial charge in [0.15, 0.2) is 0 Å². The molecule has 0 aliphatic carbocycles. The van der Waals surface area contributed by atoms with Crippen molar-refractivity contribution < 1.29 is 4.79 Å². The number of hydrogen-bond donors (Lipinski definition) is 0. The SMILES string of the molecule is C=CCC(=O)CCc1ccsc1. The molecule has 1 aromatic heterocycles. The summed E-state index contributed by atoms with van der Waals surface area (Å²) in [5.74, 6) is 0.274. The first-order chi connectivity index (χ1) is 5.83. The monoisotopic (exact) mass is 180 g/mol. The topological polar surface area (TPSA) is 17.1 Å². The molecule has 0 N–H and O–H groups in total. The molecule has 0 aromatic carbocycles. The maximum absolute atomic E-state index is 11.1. The van der Waals surface area contributed by atoms with Crippen LogP contribution in [0.15, 0.2) is 29.5 Å². The number of carbonyl (C=O) groups is 1. The smallest absolute Gasteiger partial charge is 0.136 e. The molecular formula is C10H12OS. The predicted molar refractivity (Wildman–Crippen MR) is 52.5 cm³/mol. The summed E-state index contributed by atoms with van der Waals surface area (Å²) in [6.07, 6.45) is 3.68. The lowest BCUT2D eigenvalue weighted by Gasteiger charge is -1.94. The summed E-state index contributed by atoms with van der Waals surface area (Å²) in [5.41, 5.74) is 1.26.